The molecule has 0 atom stereocenters. The summed E-state index contributed by atoms with van der Waals surface area (Å²) in [5.74, 6) is 3.71. The number of hydrogen-bond donors (Lipinski definition) is 3. The van der Waals surface area contributed by atoms with Crippen molar-refractivity contribution in [3.05, 3.63) is 34.7 Å². The van der Waals surface area contributed by atoms with Crippen molar-refractivity contribution in [2.45, 2.75) is 20.4 Å². The molecule has 0 aliphatic heterocycles. The Bertz CT molecular complexity index is 580. The molecule has 0 unspecified atom stereocenters. The minimum atomic E-state index is -0.858. The average Bonchev–Trinajstić information content (AvgIpc) is 2.68. The molecule has 2 aromatic rings. The van der Waals surface area contributed by atoms with Crippen molar-refractivity contribution in [1.82, 2.24) is 10.1 Å². The lowest BCUT2D eigenvalue weighted by Gasteiger charge is -2.09. The molecular formula is C11H13F2N5O. The Balaban J connectivity index is 2.20. The molecule has 0 fully saturated rings. The molecule has 0 spiro atoms. The van der Waals surface area contributed by atoms with Gasteiger partial charge in [-0.2, -0.15) is 0 Å². The zero-order valence-corrected chi connectivity index (χ0v) is 10.4. The zero-order chi connectivity index (χ0) is 14.0. The van der Waals surface area contributed by atoms with E-state index in [9.17, 15) is 8.78 Å². The van der Waals surface area contributed by atoms with E-state index in [1.165, 1.54) is 0 Å². The molecular weight excluding hydrogens is 256 g/mol. The van der Waals surface area contributed by atoms with Crippen molar-refractivity contribution in [2.24, 2.45) is 5.84 Å². The maximum atomic E-state index is 13.5. The molecule has 2 heterocycles. The Morgan fingerprint density at radius 3 is 2.53 bits per heavy atom. The highest BCUT2D eigenvalue weighted by Crippen LogP contribution is 2.20. The van der Waals surface area contributed by atoms with Crippen LogP contribution in [0.3, 0.4) is 0 Å². The number of nitrogen functional groups attached to an aromatic ring is 1. The molecule has 0 aromatic carbocycles. The third kappa shape index (κ3) is 2.63. The molecule has 2 rings (SSSR count). The Hall–Kier alpha value is -2.22. The molecule has 0 bridgehead atoms. The van der Waals surface area contributed by atoms with Gasteiger partial charge >= 0.3 is 0 Å². The van der Waals surface area contributed by atoms with E-state index in [0.29, 0.717) is 17.5 Å². The highest BCUT2D eigenvalue weighted by molar-refractivity contribution is 5.47. The van der Waals surface area contributed by atoms with Crippen molar-refractivity contribution >= 4 is 11.6 Å². The summed E-state index contributed by atoms with van der Waals surface area (Å²) in [6.07, 6.45) is 0. The van der Waals surface area contributed by atoms with Crippen LogP contribution in [-0.4, -0.2) is 10.1 Å². The number of nitrogens with zero attached hydrogens (tertiary/aromatic N) is 2. The van der Waals surface area contributed by atoms with E-state index in [-0.39, 0.29) is 18.2 Å². The van der Waals surface area contributed by atoms with Gasteiger partial charge in [-0.1, -0.05) is 5.16 Å². The van der Waals surface area contributed by atoms with Crippen molar-refractivity contribution in [1.29, 1.82) is 0 Å². The van der Waals surface area contributed by atoms with Crippen LogP contribution in [0.1, 0.15) is 17.0 Å². The molecule has 102 valence electrons. The lowest BCUT2D eigenvalue weighted by Crippen LogP contribution is -2.13. The summed E-state index contributed by atoms with van der Waals surface area (Å²) >= 11 is 0. The van der Waals surface area contributed by atoms with Crippen LogP contribution in [0.25, 0.3) is 0 Å². The smallest absolute Gasteiger partial charge is 0.178 e. The van der Waals surface area contributed by atoms with Gasteiger partial charge in [-0.3, -0.25) is 0 Å². The summed E-state index contributed by atoms with van der Waals surface area (Å²) in [7, 11) is 0. The van der Waals surface area contributed by atoms with Gasteiger partial charge in [-0.15, -0.1) is 0 Å². The molecule has 6 nitrogen and oxygen atoms in total. The van der Waals surface area contributed by atoms with Crippen LogP contribution in [0.15, 0.2) is 10.6 Å². The van der Waals surface area contributed by atoms with Gasteiger partial charge < -0.3 is 15.3 Å². The maximum absolute atomic E-state index is 13.5. The maximum Gasteiger partial charge on any atom is 0.178 e. The fourth-order valence-corrected chi connectivity index (χ4v) is 1.62. The lowest BCUT2D eigenvalue weighted by atomic mass is 10.2. The third-order valence-electron chi connectivity index (χ3n) is 2.68. The molecule has 2 aromatic heterocycles. The monoisotopic (exact) mass is 269 g/mol. The largest absolute Gasteiger partial charge is 0.363 e. The number of aromatic nitrogens is 2. The first-order valence-electron chi connectivity index (χ1n) is 5.51. The quantitative estimate of drug-likeness (QED) is 0.580. The minimum absolute atomic E-state index is 0.102. The second kappa shape index (κ2) is 5.19. The topological polar surface area (TPSA) is 89.0 Å². The van der Waals surface area contributed by atoms with Gasteiger partial charge in [0.15, 0.2) is 23.3 Å². The van der Waals surface area contributed by atoms with Gasteiger partial charge in [0.05, 0.1) is 5.69 Å². The van der Waals surface area contributed by atoms with E-state index in [0.717, 1.165) is 5.56 Å². The van der Waals surface area contributed by atoms with Gasteiger partial charge in [0.2, 0.25) is 0 Å². The van der Waals surface area contributed by atoms with Crippen molar-refractivity contribution < 1.29 is 13.3 Å². The number of anilines is 2. The predicted molar refractivity (Wildman–Crippen MR) is 65.3 cm³/mol. The molecule has 0 saturated heterocycles. The number of rotatable bonds is 4. The van der Waals surface area contributed by atoms with Crippen LogP contribution >= 0.6 is 0 Å². The van der Waals surface area contributed by atoms with Gasteiger partial charge in [-0.25, -0.2) is 19.6 Å². The second-order valence-corrected chi connectivity index (χ2v) is 3.95. The normalized spacial score (nSPS) is 10.6. The van der Waals surface area contributed by atoms with E-state index < -0.39 is 11.6 Å². The molecule has 0 amide bonds. The SMILES string of the molecule is Cc1noc(C)c1CNc1nc(NN)c(F)cc1F. The minimum Gasteiger partial charge on any atom is -0.363 e. The molecule has 0 radical (unpaired) electrons. The molecule has 19 heavy (non-hydrogen) atoms. The van der Waals surface area contributed by atoms with E-state index >= 15 is 0 Å². The van der Waals surface area contributed by atoms with Crippen LogP contribution < -0.4 is 16.6 Å². The Morgan fingerprint density at radius 2 is 1.95 bits per heavy atom. The standard InChI is InChI=1S/C11H13F2N5O/c1-5-7(6(2)19-18-5)4-15-10-8(12)3-9(13)11(16-10)17-14/h3H,4,14H2,1-2H3,(H2,15,16,17). The summed E-state index contributed by atoms with van der Waals surface area (Å²) < 4.78 is 31.7. The summed E-state index contributed by atoms with van der Waals surface area (Å²) in [6, 6.07) is 0.706. The van der Waals surface area contributed by atoms with Crippen molar-refractivity contribution in [2.75, 3.05) is 10.7 Å². The first-order valence-corrected chi connectivity index (χ1v) is 5.51. The van der Waals surface area contributed by atoms with Gasteiger partial charge in [0.25, 0.3) is 0 Å². The summed E-state index contributed by atoms with van der Waals surface area (Å²) in [5, 5.41) is 6.53. The molecule has 0 aliphatic carbocycles. The first kappa shape index (κ1) is 13.2. The molecule has 4 N–H and O–H groups in total. The number of hydrogen-bond acceptors (Lipinski definition) is 6. The van der Waals surface area contributed by atoms with E-state index in [1.807, 2.05) is 0 Å². The van der Waals surface area contributed by atoms with Crippen LogP contribution in [0, 0.1) is 25.5 Å². The number of aryl methyl sites for hydroxylation is 2. The van der Waals surface area contributed by atoms with Gasteiger partial charge in [0, 0.05) is 18.2 Å². The van der Waals surface area contributed by atoms with Gasteiger partial charge in [-0.05, 0) is 13.8 Å². The number of pyridine rings is 1. The van der Waals surface area contributed by atoms with E-state index in [1.54, 1.807) is 13.8 Å². The second-order valence-electron chi connectivity index (χ2n) is 3.95. The number of nitrogens with two attached hydrogens (primary N) is 1. The van der Waals surface area contributed by atoms with Crippen LogP contribution in [-0.2, 0) is 6.54 Å². The lowest BCUT2D eigenvalue weighted by molar-refractivity contribution is 0.392. The summed E-state index contributed by atoms with van der Waals surface area (Å²) in [5.41, 5.74) is 3.55. The molecule has 0 saturated carbocycles. The fraction of sp³-hybridized carbons (Fsp3) is 0.273. The third-order valence-corrected chi connectivity index (χ3v) is 2.68. The first-order chi connectivity index (χ1) is 9.02. The van der Waals surface area contributed by atoms with Gasteiger partial charge in [0.1, 0.15) is 5.76 Å². The van der Waals surface area contributed by atoms with E-state index in [2.05, 4.69) is 20.9 Å². The van der Waals surface area contributed by atoms with Crippen molar-refractivity contribution in [3.8, 4) is 0 Å². The Kier molecular flexibility index (Phi) is 3.61. The molecule has 8 heteroatoms. The highest BCUT2D eigenvalue weighted by Gasteiger charge is 2.13. The van der Waals surface area contributed by atoms with E-state index in [4.69, 9.17) is 10.4 Å². The van der Waals surface area contributed by atoms with Crippen LogP contribution in [0.2, 0.25) is 0 Å². The summed E-state index contributed by atoms with van der Waals surface area (Å²) in [6.45, 7) is 3.79. The fourth-order valence-electron chi connectivity index (χ4n) is 1.62. The number of nitrogens with one attached hydrogen (secondary N) is 2. The Labute approximate surface area is 108 Å². The van der Waals surface area contributed by atoms with Crippen molar-refractivity contribution in [3.63, 3.8) is 0 Å². The zero-order valence-electron chi connectivity index (χ0n) is 10.4. The summed E-state index contributed by atoms with van der Waals surface area (Å²) in [4.78, 5) is 3.70. The highest BCUT2D eigenvalue weighted by atomic mass is 19.1. The number of halogens is 2. The Morgan fingerprint density at radius 1 is 1.26 bits per heavy atom. The average molecular weight is 269 g/mol. The number of hydrazine groups is 1. The van der Waals surface area contributed by atoms with Crippen LogP contribution in [0.4, 0.5) is 20.4 Å². The molecule has 0 aliphatic rings. The van der Waals surface area contributed by atoms with Crippen LogP contribution in [0.5, 0.6) is 0 Å². The predicted octanol–water partition coefficient (Wildman–Crippen LogP) is 1.86.